The summed E-state index contributed by atoms with van der Waals surface area (Å²) in [7, 11) is 0. The second kappa shape index (κ2) is 8.56. The van der Waals surface area contributed by atoms with Gasteiger partial charge in [-0.1, -0.05) is 11.8 Å². The number of anilines is 2. The Morgan fingerprint density at radius 3 is 2.84 bits per heavy atom. The molecule has 1 aliphatic carbocycles. The lowest BCUT2D eigenvalue weighted by atomic mass is 9.85. The first-order valence-electron chi connectivity index (χ1n) is 11.4. The van der Waals surface area contributed by atoms with Gasteiger partial charge in [0, 0.05) is 17.4 Å². The molecule has 1 aliphatic heterocycles. The van der Waals surface area contributed by atoms with E-state index in [0.29, 0.717) is 40.0 Å². The van der Waals surface area contributed by atoms with E-state index in [1.807, 2.05) is 0 Å². The molecule has 4 aromatic rings. The van der Waals surface area contributed by atoms with Crippen molar-refractivity contribution in [3.05, 3.63) is 66.4 Å². The average molecular weight is 544 g/mol. The minimum Gasteiger partial charge on any atom is -0.470 e. The maximum atomic E-state index is 15.1. The number of aliphatic hydroxyl groups excluding tert-OH is 1. The monoisotopic (exact) mass is 543 g/mol. The van der Waals surface area contributed by atoms with Crippen LogP contribution in [0.1, 0.15) is 18.2 Å². The number of rotatable bonds is 7. The number of ether oxygens (including phenoxy) is 1. The van der Waals surface area contributed by atoms with Crippen LogP contribution >= 0.6 is 11.8 Å². The van der Waals surface area contributed by atoms with Crippen LogP contribution in [0.2, 0.25) is 0 Å². The van der Waals surface area contributed by atoms with E-state index in [2.05, 4.69) is 30.2 Å². The van der Waals surface area contributed by atoms with Crippen molar-refractivity contribution in [2.45, 2.75) is 29.7 Å². The van der Waals surface area contributed by atoms with Crippen LogP contribution in [0.5, 0.6) is 5.88 Å². The lowest BCUT2D eigenvalue weighted by molar-refractivity contribution is 0.0685. The molecule has 38 heavy (non-hydrogen) atoms. The van der Waals surface area contributed by atoms with Crippen LogP contribution in [-0.2, 0) is 12.1 Å². The van der Waals surface area contributed by atoms with E-state index >= 15 is 4.39 Å². The lowest BCUT2D eigenvalue weighted by Gasteiger charge is -2.32. The van der Waals surface area contributed by atoms with E-state index in [0.717, 1.165) is 6.07 Å². The molecular weight excluding hydrogens is 523 g/mol. The summed E-state index contributed by atoms with van der Waals surface area (Å²) in [6.07, 6.45) is 5.69. The first-order chi connectivity index (χ1) is 18.2. The van der Waals surface area contributed by atoms with Gasteiger partial charge < -0.3 is 25.3 Å². The van der Waals surface area contributed by atoms with Crippen molar-refractivity contribution in [3.8, 4) is 5.88 Å². The molecule has 0 radical (unpaired) electrons. The van der Waals surface area contributed by atoms with Crippen molar-refractivity contribution in [3.63, 3.8) is 0 Å². The predicted molar refractivity (Wildman–Crippen MR) is 133 cm³/mol. The third kappa shape index (κ3) is 3.66. The number of oxazole rings is 1. The van der Waals surface area contributed by atoms with Crippen LogP contribution in [0.3, 0.4) is 0 Å². The molecule has 4 N–H and O–H groups in total. The fraction of sp³-hybridized carbons (Fsp3) is 0.292. The highest BCUT2D eigenvalue weighted by atomic mass is 32.2. The largest absolute Gasteiger partial charge is 0.470 e. The zero-order valence-corrected chi connectivity index (χ0v) is 20.5. The van der Waals surface area contributed by atoms with Crippen molar-refractivity contribution in [1.82, 2.24) is 19.9 Å². The van der Waals surface area contributed by atoms with Crippen molar-refractivity contribution >= 4 is 39.5 Å². The maximum Gasteiger partial charge on any atom is 0.272 e. The van der Waals surface area contributed by atoms with E-state index in [-0.39, 0.29) is 23.2 Å². The number of thioether (sulfide) groups is 1. The number of benzene rings is 1. The summed E-state index contributed by atoms with van der Waals surface area (Å²) in [5.74, 6) is -4.88. The molecule has 1 saturated carbocycles. The molecule has 0 amide bonds. The molecule has 1 fully saturated rings. The number of nitrogens with one attached hydrogen (secondary N) is 1. The number of hydrogen-bond donors (Lipinski definition) is 3. The molecule has 3 atom stereocenters. The van der Waals surface area contributed by atoms with Gasteiger partial charge in [0.2, 0.25) is 5.88 Å². The number of fused-ring (bicyclic) bond motifs is 2. The number of aliphatic imine (C=N–C) groups is 1. The molecule has 0 spiro atoms. The Labute approximate surface area is 217 Å². The van der Waals surface area contributed by atoms with Crippen LogP contribution in [0.15, 0.2) is 58.7 Å². The van der Waals surface area contributed by atoms with Gasteiger partial charge in [-0.15, -0.1) is 0 Å². The van der Waals surface area contributed by atoms with Crippen LogP contribution < -0.4 is 15.8 Å². The molecule has 14 heteroatoms. The van der Waals surface area contributed by atoms with E-state index < -0.39 is 34.6 Å². The summed E-state index contributed by atoms with van der Waals surface area (Å²) in [6, 6.07) is 5.64. The number of nitrogens with two attached hydrogens (primary N) is 1. The zero-order valence-electron chi connectivity index (χ0n) is 19.7. The van der Waals surface area contributed by atoms with Crippen molar-refractivity contribution in [2.24, 2.45) is 16.6 Å². The molecule has 0 bridgehead atoms. The number of hydrogen-bond acceptors (Lipinski definition) is 11. The van der Waals surface area contributed by atoms with Gasteiger partial charge in [0.1, 0.15) is 34.6 Å². The molecule has 196 valence electrons. The first kappa shape index (κ1) is 24.4. The average Bonchev–Trinajstić information content (AvgIpc) is 3.19. The van der Waals surface area contributed by atoms with Gasteiger partial charge in [-0.3, -0.25) is 4.99 Å². The maximum absolute atomic E-state index is 15.1. The SMILES string of the molecule is C[C@]1(c2cc(Nc3nccc4nc(OCc5cocn5)cnc34)ccc2F)N=C(N)S[C@]2(CO)[C@H]1C2(F)F. The van der Waals surface area contributed by atoms with Gasteiger partial charge in [0.25, 0.3) is 5.92 Å². The molecule has 6 rings (SSSR count). The van der Waals surface area contributed by atoms with Crippen LogP contribution in [0.25, 0.3) is 11.0 Å². The topological polar surface area (TPSA) is 145 Å². The highest BCUT2D eigenvalue weighted by Gasteiger charge is 2.87. The molecule has 1 aromatic carbocycles. The molecule has 0 saturated heterocycles. The summed E-state index contributed by atoms with van der Waals surface area (Å²) < 4.78 is 53.6. The van der Waals surface area contributed by atoms with Gasteiger partial charge in [-0.05, 0) is 31.2 Å². The summed E-state index contributed by atoms with van der Waals surface area (Å²) >= 11 is 0.631. The molecular formula is C24H20F3N7O3S. The van der Waals surface area contributed by atoms with E-state index in [4.69, 9.17) is 14.9 Å². The summed E-state index contributed by atoms with van der Waals surface area (Å²) in [4.78, 5) is 21.3. The highest BCUT2D eigenvalue weighted by Crippen LogP contribution is 2.74. The van der Waals surface area contributed by atoms with Gasteiger partial charge >= 0.3 is 0 Å². The highest BCUT2D eigenvalue weighted by molar-refractivity contribution is 8.15. The third-order valence-electron chi connectivity index (χ3n) is 6.80. The van der Waals surface area contributed by atoms with Crippen molar-refractivity contribution in [1.29, 1.82) is 0 Å². The molecule has 4 heterocycles. The minimum absolute atomic E-state index is 0.0828. The minimum atomic E-state index is -3.29. The van der Waals surface area contributed by atoms with Crippen LogP contribution in [0.4, 0.5) is 24.7 Å². The third-order valence-corrected chi connectivity index (χ3v) is 8.10. The van der Waals surface area contributed by atoms with Crippen LogP contribution in [-0.4, -0.2) is 47.5 Å². The molecule has 0 unspecified atom stereocenters. The van der Waals surface area contributed by atoms with Crippen molar-refractivity contribution in [2.75, 3.05) is 11.9 Å². The Bertz CT molecular complexity index is 1570. The summed E-state index contributed by atoms with van der Waals surface area (Å²) in [5, 5.41) is 12.7. The standard InChI is InChI=1S/C24H20F3N7O3S/c1-22(20-23(10-35,24(20,26)27)38-21(28)34-22)14-6-12(2-3-15(14)25)32-19-18-16(4-5-29-19)33-17(7-30-18)37-9-13-8-36-11-31-13/h2-8,11,20,35H,9-10H2,1H3,(H2,28,34)(H,29,32)/t20-,22+,23+/m0/s1. The van der Waals surface area contributed by atoms with Gasteiger partial charge in [-0.25, -0.2) is 33.1 Å². The fourth-order valence-corrected chi connectivity index (χ4v) is 6.35. The number of nitrogens with zero attached hydrogens (tertiary/aromatic N) is 5. The number of amidine groups is 1. The Morgan fingerprint density at radius 1 is 1.24 bits per heavy atom. The predicted octanol–water partition coefficient (Wildman–Crippen LogP) is 3.75. The summed E-state index contributed by atoms with van der Waals surface area (Å²) in [6.45, 7) is 0.733. The number of pyridine rings is 1. The Kier molecular flexibility index (Phi) is 5.50. The van der Waals surface area contributed by atoms with E-state index in [9.17, 15) is 13.9 Å². The van der Waals surface area contributed by atoms with E-state index in [1.165, 1.54) is 44.1 Å². The molecule has 3 aromatic heterocycles. The number of aromatic nitrogens is 4. The number of alkyl halides is 2. The lowest BCUT2D eigenvalue weighted by Crippen LogP contribution is -2.37. The fourth-order valence-electron chi connectivity index (χ4n) is 4.99. The van der Waals surface area contributed by atoms with Crippen LogP contribution in [0, 0.1) is 11.7 Å². The Balaban J connectivity index is 1.31. The Morgan fingerprint density at radius 2 is 2.08 bits per heavy atom. The normalized spacial score (nSPS) is 25.5. The number of halogens is 3. The molecule has 10 nitrogen and oxygen atoms in total. The Hall–Kier alpha value is -3.91. The van der Waals surface area contributed by atoms with Gasteiger partial charge in [-0.2, -0.15) is 0 Å². The second-order valence-corrected chi connectivity index (χ2v) is 10.5. The summed E-state index contributed by atoms with van der Waals surface area (Å²) in [5.41, 5.74) is 5.91. The smallest absolute Gasteiger partial charge is 0.272 e. The zero-order chi connectivity index (χ0) is 26.7. The molecule has 2 aliphatic rings. The van der Waals surface area contributed by atoms with E-state index in [1.54, 1.807) is 6.07 Å². The number of aliphatic hydroxyl groups is 1. The van der Waals surface area contributed by atoms with Gasteiger partial charge in [0.05, 0.1) is 29.8 Å². The second-order valence-electron chi connectivity index (χ2n) is 9.13. The van der Waals surface area contributed by atoms with Crippen molar-refractivity contribution < 1.29 is 27.4 Å². The van der Waals surface area contributed by atoms with Gasteiger partial charge in [0.15, 0.2) is 17.4 Å². The quantitative estimate of drug-likeness (QED) is 0.315. The first-order valence-corrected chi connectivity index (χ1v) is 12.2.